The maximum Gasteiger partial charge on any atom is 0.141 e. The molecule has 0 amide bonds. The van der Waals surface area contributed by atoms with Gasteiger partial charge in [0, 0.05) is 26.1 Å². The Morgan fingerprint density at radius 3 is 1.95 bits per heavy atom. The van der Waals surface area contributed by atoms with E-state index in [1.165, 1.54) is 0 Å². The molecular weight excluding hydrogens is 284 g/mol. The van der Waals surface area contributed by atoms with Gasteiger partial charge in [0.25, 0.3) is 0 Å². The molecule has 2 unspecified atom stereocenters. The summed E-state index contributed by atoms with van der Waals surface area (Å²) in [7, 11) is 0. The molecule has 4 atom stereocenters. The molecule has 1 aromatic carbocycles. The number of piperazine rings is 3. The summed E-state index contributed by atoms with van der Waals surface area (Å²) < 4.78 is 0. The van der Waals surface area contributed by atoms with E-state index in [-0.39, 0.29) is 0 Å². The number of hydrogen-bond donors (Lipinski definition) is 3. The van der Waals surface area contributed by atoms with Crippen LogP contribution in [0.5, 0.6) is 0 Å². The second kappa shape index (κ2) is 4.27. The van der Waals surface area contributed by atoms with Crippen LogP contribution in [0.25, 0.3) is 0 Å². The van der Waals surface area contributed by atoms with E-state index in [4.69, 9.17) is 0 Å². The number of hydroxylamine groups is 6. The van der Waals surface area contributed by atoms with Gasteiger partial charge in [-0.05, 0) is 19.4 Å². The van der Waals surface area contributed by atoms with Crippen LogP contribution >= 0.6 is 0 Å². The molecule has 4 aliphatic heterocycles. The molecule has 4 saturated heterocycles. The van der Waals surface area contributed by atoms with Crippen molar-refractivity contribution in [3.05, 3.63) is 35.9 Å². The third-order valence-corrected chi connectivity index (χ3v) is 5.47. The highest BCUT2D eigenvalue weighted by atomic mass is 16.6. The first-order chi connectivity index (χ1) is 10.3. The average molecular weight is 306 g/mol. The summed E-state index contributed by atoms with van der Waals surface area (Å²) in [6.07, 6.45) is 0.469. The summed E-state index contributed by atoms with van der Waals surface area (Å²) in [4.78, 5) is 2.19. The molecule has 0 aromatic heterocycles. The molecule has 120 valence electrons. The Hall–Kier alpha value is -1.06. The van der Waals surface area contributed by atoms with Gasteiger partial charge in [0.05, 0.1) is 0 Å². The molecule has 0 saturated carbocycles. The Bertz CT molecular complexity index is 574. The first-order valence-electron chi connectivity index (χ1n) is 7.57. The van der Waals surface area contributed by atoms with Crippen molar-refractivity contribution in [3.8, 4) is 0 Å². The van der Waals surface area contributed by atoms with Crippen LogP contribution in [0.15, 0.2) is 30.3 Å². The fraction of sp³-hybridized carbons (Fsp3) is 0.600. The number of hydrogen-bond acceptors (Lipinski definition) is 7. The molecule has 3 N–H and O–H groups in total. The fourth-order valence-corrected chi connectivity index (χ4v) is 4.59. The van der Waals surface area contributed by atoms with Crippen LogP contribution in [-0.2, 0) is 6.42 Å². The van der Waals surface area contributed by atoms with E-state index in [1.807, 2.05) is 30.3 Å². The number of nitrogens with zero attached hydrogens (tertiary/aromatic N) is 4. The van der Waals surface area contributed by atoms with Crippen LogP contribution < -0.4 is 0 Å². The van der Waals surface area contributed by atoms with E-state index in [2.05, 4.69) is 4.90 Å². The molecule has 4 bridgehead atoms. The molecule has 4 aliphatic rings. The van der Waals surface area contributed by atoms with E-state index >= 15 is 0 Å². The quantitative estimate of drug-likeness (QED) is 0.745. The standard InChI is InChI=1S/C15H22N4O3/c1-13-9-16-10-14(2,17(13)20)19(22)15(11-16,18(13)21)8-12-6-4-3-5-7-12/h3-7,20-22H,8-11H2,1-2H3/t13-,14+,15?. The zero-order valence-electron chi connectivity index (χ0n) is 12.8. The van der Waals surface area contributed by atoms with Gasteiger partial charge in [0.2, 0.25) is 0 Å². The maximum absolute atomic E-state index is 10.9. The lowest BCUT2D eigenvalue weighted by atomic mass is 9.81. The molecule has 7 heteroatoms. The molecule has 1 aromatic rings. The summed E-state index contributed by atoms with van der Waals surface area (Å²) in [5, 5.41) is 35.6. The minimum Gasteiger partial charge on any atom is -0.310 e. The van der Waals surface area contributed by atoms with Crippen LogP contribution in [0.3, 0.4) is 0 Å². The zero-order valence-corrected chi connectivity index (χ0v) is 12.8. The Balaban J connectivity index is 1.81. The summed E-state index contributed by atoms with van der Waals surface area (Å²) >= 11 is 0. The summed E-state index contributed by atoms with van der Waals surface area (Å²) in [5.41, 5.74) is -1.83. The third kappa shape index (κ3) is 1.54. The largest absolute Gasteiger partial charge is 0.310 e. The van der Waals surface area contributed by atoms with E-state index in [1.54, 1.807) is 13.8 Å². The SMILES string of the molecule is C[C@]12CN3CC(Cc4ccccc4)(N1O)N(O)[C@@](C)(C3)N2O. The van der Waals surface area contributed by atoms with Crippen molar-refractivity contribution in [3.63, 3.8) is 0 Å². The van der Waals surface area contributed by atoms with Gasteiger partial charge in [-0.15, -0.1) is 15.2 Å². The van der Waals surface area contributed by atoms with Crippen LogP contribution in [-0.4, -0.2) is 72.3 Å². The van der Waals surface area contributed by atoms with Gasteiger partial charge in [-0.25, -0.2) is 0 Å². The highest BCUT2D eigenvalue weighted by Gasteiger charge is 2.72. The summed E-state index contributed by atoms with van der Waals surface area (Å²) in [5.74, 6) is 0. The zero-order chi connectivity index (χ0) is 15.8. The minimum absolute atomic E-state index is 0.469. The Kier molecular flexibility index (Phi) is 2.82. The predicted octanol–water partition coefficient (Wildman–Crippen LogP) is 0.774. The van der Waals surface area contributed by atoms with E-state index in [0.29, 0.717) is 26.1 Å². The monoisotopic (exact) mass is 306 g/mol. The third-order valence-electron chi connectivity index (χ3n) is 5.47. The Morgan fingerprint density at radius 2 is 1.41 bits per heavy atom. The van der Waals surface area contributed by atoms with Crippen molar-refractivity contribution < 1.29 is 15.6 Å². The van der Waals surface area contributed by atoms with Gasteiger partial charge in [-0.3, -0.25) is 4.90 Å². The van der Waals surface area contributed by atoms with Crippen LogP contribution in [0.1, 0.15) is 19.4 Å². The lowest BCUT2D eigenvalue weighted by molar-refractivity contribution is -0.536. The normalized spacial score (nSPS) is 45.6. The van der Waals surface area contributed by atoms with E-state index in [0.717, 1.165) is 20.8 Å². The lowest BCUT2D eigenvalue weighted by Crippen LogP contribution is -2.95. The molecule has 0 spiro atoms. The summed E-state index contributed by atoms with van der Waals surface area (Å²) in [6, 6.07) is 9.80. The van der Waals surface area contributed by atoms with Crippen LogP contribution in [0, 0.1) is 0 Å². The van der Waals surface area contributed by atoms with Crippen molar-refractivity contribution in [2.75, 3.05) is 19.6 Å². The number of rotatable bonds is 2. The van der Waals surface area contributed by atoms with Gasteiger partial charge >= 0.3 is 0 Å². The summed E-state index contributed by atoms with van der Waals surface area (Å²) in [6.45, 7) is 5.17. The molecule has 7 nitrogen and oxygen atoms in total. The van der Waals surface area contributed by atoms with E-state index < -0.39 is 17.0 Å². The molecule has 0 radical (unpaired) electrons. The predicted molar refractivity (Wildman–Crippen MR) is 77.0 cm³/mol. The smallest absolute Gasteiger partial charge is 0.141 e. The van der Waals surface area contributed by atoms with E-state index in [9.17, 15) is 15.6 Å². The highest BCUT2D eigenvalue weighted by Crippen LogP contribution is 2.51. The van der Waals surface area contributed by atoms with Crippen LogP contribution in [0.2, 0.25) is 0 Å². The molecule has 5 rings (SSSR count). The lowest BCUT2D eigenvalue weighted by Gasteiger charge is -2.74. The van der Waals surface area contributed by atoms with Gasteiger partial charge in [-0.1, -0.05) is 30.3 Å². The van der Waals surface area contributed by atoms with Gasteiger partial charge in [-0.2, -0.15) is 0 Å². The van der Waals surface area contributed by atoms with Gasteiger partial charge in [0.15, 0.2) is 0 Å². The highest BCUT2D eigenvalue weighted by molar-refractivity contribution is 5.22. The fourth-order valence-electron chi connectivity index (χ4n) is 4.59. The van der Waals surface area contributed by atoms with Crippen molar-refractivity contribution >= 4 is 0 Å². The second-order valence-electron chi connectivity index (χ2n) is 7.16. The minimum atomic E-state index is -0.972. The van der Waals surface area contributed by atoms with Gasteiger partial charge in [0.1, 0.15) is 17.0 Å². The molecule has 0 aliphatic carbocycles. The second-order valence-corrected chi connectivity index (χ2v) is 7.16. The first kappa shape index (κ1) is 14.5. The van der Waals surface area contributed by atoms with Crippen molar-refractivity contribution in [1.29, 1.82) is 0 Å². The van der Waals surface area contributed by atoms with Crippen LogP contribution in [0.4, 0.5) is 0 Å². The number of benzene rings is 1. The van der Waals surface area contributed by atoms with Crippen molar-refractivity contribution in [1.82, 2.24) is 20.1 Å². The van der Waals surface area contributed by atoms with Crippen molar-refractivity contribution in [2.45, 2.75) is 37.3 Å². The maximum atomic E-state index is 10.9. The molecule has 4 fully saturated rings. The van der Waals surface area contributed by atoms with Gasteiger partial charge < -0.3 is 15.6 Å². The molecular formula is C15H22N4O3. The Morgan fingerprint density at radius 1 is 0.864 bits per heavy atom. The van der Waals surface area contributed by atoms with Crippen molar-refractivity contribution in [2.24, 2.45) is 0 Å². The molecule has 4 heterocycles. The molecule has 22 heavy (non-hydrogen) atoms. The Labute approximate surface area is 129 Å². The average Bonchev–Trinajstić information content (AvgIpc) is 2.49. The first-order valence-corrected chi connectivity index (χ1v) is 7.57. The topological polar surface area (TPSA) is 73.7 Å².